The maximum Gasteiger partial charge on any atom is 0.176 e. The van der Waals surface area contributed by atoms with Crippen LogP contribution in [0.15, 0.2) is 47.6 Å². The SMILES string of the molecule is CCn1c(SCC(=O)c2ccc(O)cc2O)nc2ccccc21. The van der Waals surface area contributed by atoms with E-state index >= 15 is 0 Å². The van der Waals surface area contributed by atoms with Crippen molar-refractivity contribution in [3.05, 3.63) is 48.0 Å². The van der Waals surface area contributed by atoms with Gasteiger partial charge in [0.15, 0.2) is 10.9 Å². The van der Waals surface area contributed by atoms with Gasteiger partial charge in [-0.2, -0.15) is 0 Å². The molecule has 0 aliphatic rings. The number of aryl methyl sites for hydroxylation is 1. The minimum atomic E-state index is -0.209. The Hall–Kier alpha value is -2.47. The molecule has 0 radical (unpaired) electrons. The molecule has 0 saturated heterocycles. The second kappa shape index (κ2) is 6.34. The Balaban J connectivity index is 1.81. The van der Waals surface area contributed by atoms with Gasteiger partial charge in [-0.05, 0) is 31.2 Å². The summed E-state index contributed by atoms with van der Waals surface area (Å²) >= 11 is 1.34. The monoisotopic (exact) mass is 328 g/mol. The number of carbonyl (C=O) groups excluding carboxylic acids is 1. The number of carbonyl (C=O) groups is 1. The van der Waals surface area contributed by atoms with E-state index < -0.39 is 0 Å². The van der Waals surface area contributed by atoms with E-state index in [2.05, 4.69) is 9.55 Å². The van der Waals surface area contributed by atoms with Crippen LogP contribution >= 0.6 is 11.8 Å². The van der Waals surface area contributed by atoms with Gasteiger partial charge in [0.2, 0.25) is 0 Å². The molecule has 0 amide bonds. The smallest absolute Gasteiger partial charge is 0.176 e. The topological polar surface area (TPSA) is 75.4 Å². The number of phenols is 2. The van der Waals surface area contributed by atoms with E-state index in [4.69, 9.17) is 0 Å². The molecule has 23 heavy (non-hydrogen) atoms. The number of hydrogen-bond acceptors (Lipinski definition) is 5. The van der Waals surface area contributed by atoms with Gasteiger partial charge in [-0.15, -0.1) is 0 Å². The Labute approximate surface area is 137 Å². The lowest BCUT2D eigenvalue weighted by molar-refractivity contribution is 0.102. The molecule has 0 spiro atoms. The normalized spacial score (nSPS) is 11.0. The van der Waals surface area contributed by atoms with Gasteiger partial charge in [-0.25, -0.2) is 4.98 Å². The second-order valence-electron chi connectivity index (χ2n) is 5.04. The Morgan fingerprint density at radius 3 is 2.74 bits per heavy atom. The van der Waals surface area contributed by atoms with Crippen LogP contribution in [0.3, 0.4) is 0 Å². The maximum atomic E-state index is 12.3. The fraction of sp³-hybridized carbons (Fsp3) is 0.176. The zero-order chi connectivity index (χ0) is 16.4. The van der Waals surface area contributed by atoms with Gasteiger partial charge in [0, 0.05) is 12.6 Å². The van der Waals surface area contributed by atoms with Crippen molar-refractivity contribution in [2.24, 2.45) is 0 Å². The van der Waals surface area contributed by atoms with Gasteiger partial charge in [0.1, 0.15) is 11.5 Å². The first-order valence-electron chi connectivity index (χ1n) is 7.23. The van der Waals surface area contributed by atoms with Crippen molar-refractivity contribution in [1.82, 2.24) is 9.55 Å². The molecule has 118 valence electrons. The van der Waals surface area contributed by atoms with E-state index in [0.717, 1.165) is 22.7 Å². The molecular weight excluding hydrogens is 312 g/mol. The molecule has 2 aromatic carbocycles. The molecule has 1 aromatic heterocycles. The molecule has 0 fully saturated rings. The molecule has 0 atom stereocenters. The molecule has 0 bridgehead atoms. The third kappa shape index (κ3) is 3.03. The van der Waals surface area contributed by atoms with Crippen LogP contribution in [0.2, 0.25) is 0 Å². The van der Waals surface area contributed by atoms with Crippen LogP contribution < -0.4 is 0 Å². The second-order valence-corrected chi connectivity index (χ2v) is 5.98. The van der Waals surface area contributed by atoms with E-state index in [-0.39, 0.29) is 28.6 Å². The highest BCUT2D eigenvalue weighted by Gasteiger charge is 2.15. The van der Waals surface area contributed by atoms with Crippen molar-refractivity contribution in [1.29, 1.82) is 0 Å². The third-order valence-electron chi connectivity index (χ3n) is 3.55. The average Bonchev–Trinajstić information content (AvgIpc) is 2.90. The Morgan fingerprint density at radius 2 is 2.00 bits per heavy atom. The molecule has 1 heterocycles. The summed E-state index contributed by atoms with van der Waals surface area (Å²) in [6.07, 6.45) is 0. The number of nitrogens with zero attached hydrogens (tertiary/aromatic N) is 2. The number of imidazole rings is 1. The molecule has 0 saturated carbocycles. The van der Waals surface area contributed by atoms with Crippen molar-refractivity contribution in [3.63, 3.8) is 0 Å². The molecule has 0 aliphatic carbocycles. The zero-order valence-corrected chi connectivity index (χ0v) is 13.4. The fourth-order valence-corrected chi connectivity index (χ4v) is 3.39. The number of aromatic hydroxyl groups is 2. The van der Waals surface area contributed by atoms with Gasteiger partial charge in [0.05, 0.1) is 22.3 Å². The van der Waals surface area contributed by atoms with E-state index in [1.807, 2.05) is 31.2 Å². The largest absolute Gasteiger partial charge is 0.508 e. The van der Waals surface area contributed by atoms with Crippen molar-refractivity contribution >= 4 is 28.6 Å². The van der Waals surface area contributed by atoms with Crippen LogP contribution in [0.4, 0.5) is 0 Å². The van der Waals surface area contributed by atoms with E-state index in [0.29, 0.717) is 0 Å². The van der Waals surface area contributed by atoms with E-state index in [1.54, 1.807) is 0 Å². The molecule has 3 rings (SSSR count). The molecule has 3 aromatic rings. The van der Waals surface area contributed by atoms with Gasteiger partial charge in [0.25, 0.3) is 0 Å². The number of rotatable bonds is 5. The molecular formula is C17H16N2O3S. The van der Waals surface area contributed by atoms with Crippen LogP contribution in [0.1, 0.15) is 17.3 Å². The van der Waals surface area contributed by atoms with Gasteiger partial charge in [-0.1, -0.05) is 23.9 Å². The minimum Gasteiger partial charge on any atom is -0.508 e. The summed E-state index contributed by atoms with van der Waals surface area (Å²) in [6.45, 7) is 2.80. The van der Waals surface area contributed by atoms with Crippen LogP contribution in [-0.4, -0.2) is 31.3 Å². The number of Topliss-reactive ketones (excluding diaryl/α,β-unsaturated/α-hetero) is 1. The number of benzene rings is 2. The summed E-state index contributed by atoms with van der Waals surface area (Å²) in [5, 5.41) is 19.8. The van der Waals surface area contributed by atoms with Crippen molar-refractivity contribution in [2.75, 3.05) is 5.75 Å². The molecule has 0 unspecified atom stereocenters. The average molecular weight is 328 g/mol. The van der Waals surface area contributed by atoms with Crippen molar-refractivity contribution < 1.29 is 15.0 Å². The highest BCUT2D eigenvalue weighted by molar-refractivity contribution is 7.99. The van der Waals surface area contributed by atoms with Gasteiger partial charge in [-0.3, -0.25) is 4.79 Å². The summed E-state index contributed by atoms with van der Waals surface area (Å²) in [5.41, 5.74) is 2.14. The minimum absolute atomic E-state index is 0.0699. The first-order valence-corrected chi connectivity index (χ1v) is 8.22. The summed E-state index contributed by atoms with van der Waals surface area (Å²) < 4.78 is 2.06. The van der Waals surface area contributed by atoms with Gasteiger partial charge >= 0.3 is 0 Å². The Morgan fingerprint density at radius 1 is 1.22 bits per heavy atom. The molecule has 0 aliphatic heterocycles. The van der Waals surface area contributed by atoms with Crippen LogP contribution in [0.5, 0.6) is 11.5 Å². The van der Waals surface area contributed by atoms with Crippen LogP contribution in [-0.2, 0) is 6.54 Å². The first-order chi connectivity index (χ1) is 11.1. The number of thioether (sulfide) groups is 1. The highest BCUT2D eigenvalue weighted by Crippen LogP contribution is 2.27. The summed E-state index contributed by atoms with van der Waals surface area (Å²) in [6, 6.07) is 11.8. The van der Waals surface area contributed by atoms with E-state index in [9.17, 15) is 15.0 Å². The van der Waals surface area contributed by atoms with Crippen molar-refractivity contribution in [3.8, 4) is 11.5 Å². The lowest BCUT2D eigenvalue weighted by Crippen LogP contribution is -2.04. The van der Waals surface area contributed by atoms with E-state index in [1.165, 1.54) is 30.0 Å². The standard InChI is InChI=1S/C17H16N2O3S/c1-2-19-14-6-4-3-5-13(14)18-17(19)23-10-16(22)12-8-7-11(20)9-15(12)21/h3-9,20-21H,2,10H2,1H3. The van der Waals surface area contributed by atoms with Crippen LogP contribution in [0.25, 0.3) is 11.0 Å². The number of para-hydroxylation sites is 2. The summed E-state index contributed by atoms with van der Waals surface area (Å²) in [4.78, 5) is 16.8. The number of fused-ring (bicyclic) bond motifs is 1. The maximum absolute atomic E-state index is 12.3. The van der Waals surface area contributed by atoms with Crippen molar-refractivity contribution in [2.45, 2.75) is 18.6 Å². The Bertz CT molecular complexity index is 873. The zero-order valence-electron chi connectivity index (χ0n) is 12.6. The lowest BCUT2D eigenvalue weighted by atomic mass is 10.1. The quantitative estimate of drug-likeness (QED) is 0.554. The molecule has 6 heteroatoms. The summed E-state index contributed by atoms with van der Waals surface area (Å²) in [5.74, 6) is -0.317. The number of aromatic nitrogens is 2. The Kier molecular flexibility index (Phi) is 4.25. The number of phenolic OH excluding ortho intramolecular Hbond substituents is 2. The molecule has 5 nitrogen and oxygen atoms in total. The predicted octanol–water partition coefficient (Wildman–Crippen LogP) is 3.44. The van der Waals surface area contributed by atoms with Crippen LogP contribution in [0, 0.1) is 0 Å². The predicted molar refractivity (Wildman–Crippen MR) is 90.2 cm³/mol. The third-order valence-corrected chi connectivity index (χ3v) is 4.53. The lowest BCUT2D eigenvalue weighted by Gasteiger charge is -2.06. The molecule has 2 N–H and O–H groups in total. The number of ketones is 1. The van der Waals surface area contributed by atoms with Gasteiger partial charge < -0.3 is 14.8 Å². The highest BCUT2D eigenvalue weighted by atomic mass is 32.2. The summed E-state index contributed by atoms with van der Waals surface area (Å²) in [7, 11) is 0. The fourth-order valence-electron chi connectivity index (χ4n) is 2.43. The first kappa shape index (κ1) is 15.4. The number of hydrogen-bond donors (Lipinski definition) is 2.